The van der Waals surface area contributed by atoms with Gasteiger partial charge in [-0.25, -0.2) is 0 Å². The lowest BCUT2D eigenvalue weighted by atomic mass is 10.3. The number of carbonyl (C=O) groups excluding carboxylic acids is 2. The molecule has 2 amide bonds. The number of carbonyl (C=O) groups is 2. The maximum absolute atomic E-state index is 11.7. The Kier molecular flexibility index (Phi) is 3.44. The van der Waals surface area contributed by atoms with Gasteiger partial charge in [0.15, 0.2) is 0 Å². The molecule has 0 radical (unpaired) electrons. The molecule has 0 unspecified atom stereocenters. The number of hydrogen-bond acceptors (Lipinski definition) is 3. The zero-order chi connectivity index (χ0) is 11.7. The molecule has 0 aromatic heterocycles. The summed E-state index contributed by atoms with van der Waals surface area (Å²) in [5.41, 5.74) is 0. The fraction of sp³-hybridized carbons (Fsp3) is 0.700. The third-order valence-electron chi connectivity index (χ3n) is 2.46. The van der Waals surface area contributed by atoms with Gasteiger partial charge in [0, 0.05) is 17.5 Å². The van der Waals surface area contributed by atoms with Crippen LogP contribution in [0.5, 0.6) is 0 Å². The van der Waals surface area contributed by atoms with Crippen LogP contribution in [0.3, 0.4) is 0 Å². The minimum Gasteiger partial charge on any atom is -0.307 e. The van der Waals surface area contributed by atoms with Crippen molar-refractivity contribution in [1.29, 1.82) is 0 Å². The van der Waals surface area contributed by atoms with Gasteiger partial charge < -0.3 is 9.80 Å². The van der Waals surface area contributed by atoms with Crippen molar-refractivity contribution in [3.63, 3.8) is 0 Å². The van der Waals surface area contributed by atoms with Gasteiger partial charge in [-0.1, -0.05) is 12.2 Å². The Balaban J connectivity index is 3.08. The Morgan fingerprint density at radius 1 is 1.07 bits per heavy atom. The van der Waals surface area contributed by atoms with Crippen molar-refractivity contribution in [3.8, 4) is 0 Å². The first-order valence-corrected chi connectivity index (χ1v) is 5.49. The highest BCUT2D eigenvalue weighted by atomic mass is 32.1. The van der Waals surface area contributed by atoms with Gasteiger partial charge in [0.1, 0.15) is 6.17 Å². The molecule has 0 atom stereocenters. The van der Waals surface area contributed by atoms with Crippen LogP contribution in [0.4, 0.5) is 0 Å². The van der Waals surface area contributed by atoms with Crippen molar-refractivity contribution < 1.29 is 9.59 Å². The van der Waals surface area contributed by atoms with E-state index in [9.17, 15) is 9.59 Å². The molecular formula is C10H16N2O2S. The molecule has 1 saturated heterocycles. The summed E-state index contributed by atoms with van der Waals surface area (Å²) in [6, 6.07) is -0.0381. The molecule has 1 aliphatic heterocycles. The largest absolute Gasteiger partial charge is 0.314 e. The third kappa shape index (κ3) is 1.88. The molecular weight excluding hydrogens is 212 g/mol. The minimum absolute atomic E-state index is 0.0191. The van der Waals surface area contributed by atoms with Gasteiger partial charge in [0.05, 0.1) is 0 Å². The van der Waals surface area contributed by atoms with E-state index in [-0.39, 0.29) is 18.2 Å². The van der Waals surface area contributed by atoms with Crippen LogP contribution in [-0.2, 0) is 9.59 Å². The van der Waals surface area contributed by atoms with Crippen LogP contribution in [0.2, 0.25) is 0 Å². The van der Waals surface area contributed by atoms with Crippen molar-refractivity contribution >= 4 is 29.4 Å². The minimum atomic E-state index is -0.454. The summed E-state index contributed by atoms with van der Waals surface area (Å²) in [6.45, 7) is 7.50. The van der Waals surface area contributed by atoms with Crippen molar-refractivity contribution in [2.24, 2.45) is 0 Å². The normalized spacial score (nSPS) is 18.5. The van der Waals surface area contributed by atoms with Crippen LogP contribution in [0.25, 0.3) is 0 Å². The molecule has 0 N–H and O–H groups in total. The first-order valence-electron chi connectivity index (χ1n) is 5.02. The van der Waals surface area contributed by atoms with Gasteiger partial charge >= 0.3 is 11.8 Å². The van der Waals surface area contributed by atoms with Gasteiger partial charge in [0.25, 0.3) is 0 Å². The second-order valence-electron chi connectivity index (χ2n) is 4.16. The lowest BCUT2D eigenvalue weighted by Crippen LogP contribution is -2.46. The molecule has 0 bridgehead atoms. The van der Waals surface area contributed by atoms with E-state index in [1.807, 2.05) is 27.7 Å². The van der Waals surface area contributed by atoms with Gasteiger partial charge in [-0.15, -0.1) is 0 Å². The lowest BCUT2D eigenvalue weighted by molar-refractivity contribution is -0.144. The van der Waals surface area contributed by atoms with Crippen LogP contribution < -0.4 is 0 Å². The molecule has 0 aromatic rings. The monoisotopic (exact) mass is 228 g/mol. The average molecular weight is 228 g/mol. The summed E-state index contributed by atoms with van der Waals surface area (Å²) in [7, 11) is 0. The van der Waals surface area contributed by atoms with Gasteiger partial charge in [-0.05, 0) is 27.7 Å². The molecule has 1 heterocycles. The number of thiocarbonyl (C=S) groups is 1. The molecule has 0 spiro atoms. The fourth-order valence-corrected chi connectivity index (χ4v) is 2.07. The zero-order valence-corrected chi connectivity index (χ0v) is 10.2. The Labute approximate surface area is 95.2 Å². The van der Waals surface area contributed by atoms with E-state index in [2.05, 4.69) is 0 Å². The van der Waals surface area contributed by atoms with Crippen LogP contribution in [-0.4, -0.2) is 45.2 Å². The first kappa shape index (κ1) is 12.1. The maximum atomic E-state index is 11.7. The summed E-state index contributed by atoms with van der Waals surface area (Å²) in [5.74, 6) is -0.908. The molecule has 1 fully saturated rings. The molecule has 0 saturated carbocycles. The van der Waals surface area contributed by atoms with E-state index in [1.54, 1.807) is 0 Å². The number of nitrogens with zero attached hydrogens (tertiary/aromatic N) is 2. The smallest absolute Gasteiger partial charge is 0.307 e. The van der Waals surface area contributed by atoms with Crippen molar-refractivity contribution in [2.75, 3.05) is 0 Å². The van der Waals surface area contributed by atoms with Crippen molar-refractivity contribution in [2.45, 2.75) is 45.9 Å². The van der Waals surface area contributed by atoms with Crippen LogP contribution in [0.15, 0.2) is 0 Å². The Bertz CT molecular complexity index is 276. The number of amides is 2. The Morgan fingerprint density at radius 2 is 1.40 bits per heavy atom. The van der Waals surface area contributed by atoms with E-state index >= 15 is 0 Å². The summed E-state index contributed by atoms with van der Waals surface area (Å²) in [6.07, 6.45) is -0.375. The van der Waals surface area contributed by atoms with E-state index in [0.29, 0.717) is 0 Å². The van der Waals surface area contributed by atoms with Gasteiger partial charge in [-0.2, -0.15) is 0 Å². The topological polar surface area (TPSA) is 40.6 Å². The van der Waals surface area contributed by atoms with Gasteiger partial charge in [0.2, 0.25) is 0 Å². The quantitative estimate of drug-likeness (QED) is 0.530. The predicted molar refractivity (Wildman–Crippen MR) is 61.4 cm³/mol. The highest BCUT2D eigenvalue weighted by Gasteiger charge is 2.45. The molecule has 5 heteroatoms. The second kappa shape index (κ2) is 4.26. The Morgan fingerprint density at radius 3 is 1.60 bits per heavy atom. The molecule has 0 aliphatic carbocycles. The van der Waals surface area contributed by atoms with E-state index in [0.717, 1.165) is 0 Å². The highest BCUT2D eigenvalue weighted by molar-refractivity contribution is 7.79. The second-order valence-corrected chi connectivity index (χ2v) is 4.43. The fourth-order valence-electron chi connectivity index (χ4n) is 1.81. The standard InChI is InChI=1S/C10H16N2O2S/c1-6(2)11-8(5-15)12(7(3)4)10(14)9(11)13/h5-8H,1-4H3. The number of rotatable bonds is 3. The number of hydrogen-bond donors (Lipinski definition) is 0. The summed E-state index contributed by atoms with van der Waals surface area (Å²) in [4.78, 5) is 26.4. The molecule has 84 valence electrons. The van der Waals surface area contributed by atoms with E-state index < -0.39 is 11.8 Å². The highest BCUT2D eigenvalue weighted by Crippen LogP contribution is 2.21. The summed E-state index contributed by atoms with van der Waals surface area (Å²) >= 11 is 4.90. The molecule has 4 nitrogen and oxygen atoms in total. The van der Waals surface area contributed by atoms with Gasteiger partial charge in [-0.3, -0.25) is 9.59 Å². The summed E-state index contributed by atoms with van der Waals surface area (Å²) < 4.78 is 0. The first-order chi connectivity index (χ1) is 6.91. The zero-order valence-electron chi connectivity index (χ0n) is 9.43. The molecule has 0 aromatic carbocycles. The van der Waals surface area contributed by atoms with E-state index in [4.69, 9.17) is 12.2 Å². The Hall–Kier alpha value is -0.970. The average Bonchev–Trinajstić information content (AvgIpc) is 2.39. The van der Waals surface area contributed by atoms with E-state index in [1.165, 1.54) is 15.2 Å². The molecule has 1 aliphatic rings. The summed E-state index contributed by atoms with van der Waals surface area (Å²) in [5, 5.41) is 1.48. The van der Waals surface area contributed by atoms with Crippen LogP contribution >= 0.6 is 12.2 Å². The molecule has 1 rings (SSSR count). The molecule has 15 heavy (non-hydrogen) atoms. The van der Waals surface area contributed by atoms with Crippen LogP contribution in [0, 0.1) is 0 Å². The lowest BCUT2D eigenvalue weighted by Gasteiger charge is -2.31. The third-order valence-corrected chi connectivity index (χ3v) is 2.70. The SMILES string of the molecule is CC(C)N1C(=O)C(=O)N(C(C)C)C1C=S. The van der Waals surface area contributed by atoms with Crippen molar-refractivity contribution in [3.05, 3.63) is 0 Å². The van der Waals surface area contributed by atoms with Crippen LogP contribution in [0.1, 0.15) is 27.7 Å². The van der Waals surface area contributed by atoms with Crippen molar-refractivity contribution in [1.82, 2.24) is 9.80 Å². The predicted octanol–water partition coefficient (Wildman–Crippen LogP) is 0.800. The maximum Gasteiger partial charge on any atom is 0.314 e.